The van der Waals surface area contributed by atoms with Crippen LogP contribution in [0.25, 0.3) is 27.9 Å². The number of phenols is 1. The lowest BCUT2D eigenvalue weighted by atomic mass is 10.1. The normalized spacial score (nSPS) is 11.1. The molecule has 5 aromatic rings. The van der Waals surface area contributed by atoms with Crippen molar-refractivity contribution < 1.29 is 5.11 Å². The lowest BCUT2D eigenvalue weighted by Crippen LogP contribution is -2.16. The molecular weight excluding hydrogens is 408 g/mol. The molecule has 5 rings (SSSR count). The minimum absolute atomic E-state index is 0.0920. The highest BCUT2D eigenvalue weighted by molar-refractivity contribution is 7.80. The van der Waals surface area contributed by atoms with E-state index < -0.39 is 0 Å². The Morgan fingerprint density at radius 1 is 1.06 bits per heavy atom. The number of rotatable bonds is 4. The number of hydrogen-bond acceptors (Lipinski definition) is 6. The highest BCUT2D eigenvalue weighted by Crippen LogP contribution is 2.26. The molecule has 0 bridgehead atoms. The summed E-state index contributed by atoms with van der Waals surface area (Å²) in [4.78, 5) is 13.7. The van der Waals surface area contributed by atoms with Crippen LogP contribution in [0, 0.1) is 0 Å². The molecule has 152 valence electrons. The van der Waals surface area contributed by atoms with Gasteiger partial charge in [0.15, 0.2) is 0 Å². The molecule has 2 N–H and O–H groups in total. The first kappa shape index (κ1) is 19.1. The summed E-state index contributed by atoms with van der Waals surface area (Å²) in [6.07, 6.45) is 5.89. The fourth-order valence-corrected chi connectivity index (χ4v) is 3.71. The Morgan fingerprint density at radius 2 is 1.94 bits per heavy atom. The van der Waals surface area contributed by atoms with Gasteiger partial charge in [0.1, 0.15) is 16.4 Å². The van der Waals surface area contributed by atoms with Crippen molar-refractivity contribution in [3.05, 3.63) is 83.9 Å². The Balaban J connectivity index is 1.51. The quantitative estimate of drug-likeness (QED) is 0.425. The molecule has 3 aromatic heterocycles. The molecule has 0 amide bonds. The first-order valence-electron chi connectivity index (χ1n) is 9.71. The van der Waals surface area contributed by atoms with E-state index in [1.54, 1.807) is 42.3 Å². The molecule has 0 aliphatic carbocycles. The molecule has 0 unspecified atom stereocenters. The van der Waals surface area contributed by atoms with Gasteiger partial charge in [-0.25, -0.2) is 14.5 Å². The van der Waals surface area contributed by atoms with Crippen LogP contribution in [0.1, 0.15) is 16.8 Å². The summed E-state index contributed by atoms with van der Waals surface area (Å²) < 4.78 is 1.74. The number of aromatic hydroxyl groups is 1. The largest absolute Gasteiger partial charge is 0.507 e. The van der Waals surface area contributed by atoms with Crippen molar-refractivity contribution in [3.8, 4) is 17.0 Å². The number of aromatic nitrogens is 5. The van der Waals surface area contributed by atoms with Crippen molar-refractivity contribution in [2.24, 2.45) is 0 Å². The predicted octanol–water partition coefficient (Wildman–Crippen LogP) is 3.53. The van der Waals surface area contributed by atoms with Gasteiger partial charge in [-0.1, -0.05) is 30.4 Å². The monoisotopic (exact) mass is 426 g/mol. The summed E-state index contributed by atoms with van der Waals surface area (Å²) in [7, 11) is 1.72. The highest BCUT2D eigenvalue weighted by Gasteiger charge is 2.12. The lowest BCUT2D eigenvalue weighted by molar-refractivity contribution is 0.474. The van der Waals surface area contributed by atoms with Gasteiger partial charge in [0.25, 0.3) is 5.78 Å². The topological polar surface area (TPSA) is 88.2 Å². The highest BCUT2D eigenvalue weighted by atomic mass is 32.1. The maximum Gasteiger partial charge on any atom is 0.250 e. The number of benzene rings is 2. The third-order valence-corrected chi connectivity index (χ3v) is 5.54. The lowest BCUT2D eigenvalue weighted by Gasteiger charge is -2.08. The number of imidazole rings is 1. The third-order valence-electron chi connectivity index (χ3n) is 5.12. The number of pyridine rings is 1. The van der Waals surface area contributed by atoms with E-state index in [1.807, 2.05) is 24.3 Å². The molecule has 0 saturated heterocycles. The summed E-state index contributed by atoms with van der Waals surface area (Å²) in [5.41, 5.74) is 4.97. The summed E-state index contributed by atoms with van der Waals surface area (Å²) in [6, 6.07) is 15.5. The molecule has 0 atom stereocenters. The molecule has 31 heavy (non-hydrogen) atoms. The number of hydrogen-bond donors (Lipinski definition) is 2. The van der Waals surface area contributed by atoms with Gasteiger partial charge >= 0.3 is 0 Å². The summed E-state index contributed by atoms with van der Waals surface area (Å²) in [5.74, 6) is 0.618. The van der Waals surface area contributed by atoms with Gasteiger partial charge < -0.3 is 10.4 Å². The minimum Gasteiger partial charge on any atom is -0.507 e. The van der Waals surface area contributed by atoms with Crippen molar-refractivity contribution in [1.82, 2.24) is 29.9 Å². The van der Waals surface area contributed by atoms with E-state index >= 15 is 0 Å². The van der Waals surface area contributed by atoms with Crippen molar-refractivity contribution in [1.29, 1.82) is 0 Å². The SMILES string of the molecule is CNC(=S)c1ccc(-c2cnc3ncc(Cc4ccc5ncccc5c4)n3n2)cc1O. The van der Waals surface area contributed by atoms with Crippen molar-refractivity contribution >= 4 is 33.9 Å². The molecule has 0 radical (unpaired) electrons. The number of nitrogens with zero attached hydrogens (tertiary/aromatic N) is 5. The van der Waals surface area contributed by atoms with Crippen LogP contribution < -0.4 is 5.32 Å². The minimum atomic E-state index is 0.0920. The molecule has 8 heteroatoms. The maximum absolute atomic E-state index is 10.4. The van der Waals surface area contributed by atoms with Crippen LogP contribution in [0.4, 0.5) is 0 Å². The van der Waals surface area contributed by atoms with Crippen molar-refractivity contribution in [2.75, 3.05) is 7.05 Å². The predicted molar refractivity (Wildman–Crippen MR) is 123 cm³/mol. The zero-order chi connectivity index (χ0) is 21.4. The van der Waals surface area contributed by atoms with Crippen LogP contribution >= 0.6 is 12.2 Å². The summed E-state index contributed by atoms with van der Waals surface area (Å²) >= 11 is 5.21. The van der Waals surface area contributed by atoms with E-state index in [4.69, 9.17) is 17.3 Å². The summed E-state index contributed by atoms with van der Waals surface area (Å²) in [5, 5.41) is 19.0. The van der Waals surface area contributed by atoms with Crippen molar-refractivity contribution in [2.45, 2.75) is 6.42 Å². The Labute approximate surface area is 183 Å². The van der Waals surface area contributed by atoms with Gasteiger partial charge in [-0.2, -0.15) is 5.10 Å². The van der Waals surface area contributed by atoms with Gasteiger partial charge in [0.2, 0.25) is 0 Å². The second-order valence-corrected chi connectivity index (χ2v) is 7.53. The number of phenolic OH excluding ortho intramolecular Hbond substituents is 1. The molecule has 0 spiro atoms. The number of nitrogens with one attached hydrogen (secondary N) is 1. The van der Waals surface area contributed by atoms with Crippen LogP contribution in [0.3, 0.4) is 0 Å². The standard InChI is InChI=1S/C23H18N6OS/c1-24-22(31)18-6-5-16(11-21(18)30)20-13-27-23-26-12-17(29(23)28-20)10-14-4-7-19-15(9-14)3-2-8-25-19/h2-9,11-13,30H,10H2,1H3,(H,24,31). The second-order valence-electron chi connectivity index (χ2n) is 7.12. The Kier molecular flexibility index (Phi) is 4.76. The maximum atomic E-state index is 10.4. The molecule has 0 fully saturated rings. The summed E-state index contributed by atoms with van der Waals surface area (Å²) in [6.45, 7) is 0. The van der Waals surface area contributed by atoms with Gasteiger partial charge in [-0.15, -0.1) is 0 Å². The van der Waals surface area contributed by atoms with E-state index in [0.29, 0.717) is 28.4 Å². The molecular formula is C23H18N6OS. The van der Waals surface area contributed by atoms with Gasteiger partial charge in [0.05, 0.1) is 29.2 Å². The zero-order valence-corrected chi connectivity index (χ0v) is 17.5. The number of fused-ring (bicyclic) bond motifs is 2. The van der Waals surface area contributed by atoms with Gasteiger partial charge in [-0.05, 0) is 35.9 Å². The Hall–Kier alpha value is -3.91. The van der Waals surface area contributed by atoms with E-state index in [2.05, 4.69) is 32.4 Å². The van der Waals surface area contributed by atoms with E-state index in [0.717, 1.165) is 27.7 Å². The first-order valence-corrected chi connectivity index (χ1v) is 10.1. The molecule has 3 heterocycles. The van der Waals surface area contributed by atoms with E-state index in [1.165, 1.54) is 0 Å². The second kappa shape index (κ2) is 7.73. The Morgan fingerprint density at radius 3 is 2.77 bits per heavy atom. The number of thiocarbonyl (C=S) groups is 1. The fraction of sp³-hybridized carbons (Fsp3) is 0.0870. The fourth-order valence-electron chi connectivity index (χ4n) is 3.53. The molecule has 2 aromatic carbocycles. The van der Waals surface area contributed by atoms with Crippen LogP contribution in [0.5, 0.6) is 5.75 Å². The van der Waals surface area contributed by atoms with Crippen LogP contribution in [-0.2, 0) is 6.42 Å². The molecule has 0 aliphatic heterocycles. The molecule has 0 saturated carbocycles. The van der Waals surface area contributed by atoms with Gasteiger partial charge in [-0.3, -0.25) is 4.98 Å². The third kappa shape index (κ3) is 3.57. The smallest absolute Gasteiger partial charge is 0.250 e. The van der Waals surface area contributed by atoms with Crippen molar-refractivity contribution in [3.63, 3.8) is 0 Å². The van der Waals surface area contributed by atoms with E-state index in [9.17, 15) is 5.11 Å². The molecule has 7 nitrogen and oxygen atoms in total. The average Bonchev–Trinajstić information content (AvgIpc) is 3.20. The first-order chi connectivity index (χ1) is 15.1. The van der Waals surface area contributed by atoms with Crippen LogP contribution in [-0.4, -0.2) is 41.7 Å². The average molecular weight is 427 g/mol. The van der Waals surface area contributed by atoms with Crippen LogP contribution in [0.2, 0.25) is 0 Å². The van der Waals surface area contributed by atoms with E-state index in [-0.39, 0.29) is 5.75 Å². The van der Waals surface area contributed by atoms with Gasteiger partial charge in [0, 0.05) is 30.6 Å². The Bertz CT molecular complexity index is 1450. The molecule has 0 aliphatic rings. The zero-order valence-electron chi connectivity index (χ0n) is 16.6. The van der Waals surface area contributed by atoms with Crippen LogP contribution in [0.15, 0.2) is 67.1 Å².